The molecule has 1 N–H and O–H groups in total. The molecule has 19 heavy (non-hydrogen) atoms. The molecule has 0 aromatic carbocycles. The Morgan fingerprint density at radius 2 is 2.11 bits per heavy atom. The van der Waals surface area contributed by atoms with Crippen molar-refractivity contribution in [3.05, 3.63) is 41.2 Å². The highest BCUT2D eigenvalue weighted by Gasteiger charge is 2.39. The lowest BCUT2D eigenvalue weighted by atomic mass is 9.88. The lowest BCUT2D eigenvalue weighted by Gasteiger charge is -2.21. The van der Waals surface area contributed by atoms with Gasteiger partial charge in [-0.15, -0.1) is 0 Å². The van der Waals surface area contributed by atoms with E-state index >= 15 is 0 Å². The number of aromatic nitrogens is 1. The van der Waals surface area contributed by atoms with Crippen molar-refractivity contribution in [2.75, 3.05) is 0 Å². The molecule has 1 aliphatic rings. The predicted octanol–water partition coefficient (Wildman–Crippen LogP) is 2.00. The predicted molar refractivity (Wildman–Crippen MR) is 70.4 cm³/mol. The van der Waals surface area contributed by atoms with Gasteiger partial charge in [-0.2, -0.15) is 0 Å². The third kappa shape index (κ3) is 2.71. The Bertz CT molecular complexity index is 552. The summed E-state index contributed by atoms with van der Waals surface area (Å²) in [4.78, 5) is 31.1. The van der Waals surface area contributed by atoms with E-state index in [0.717, 1.165) is 0 Å². The van der Waals surface area contributed by atoms with Crippen LogP contribution in [-0.2, 0) is 15.1 Å². The number of aliphatic carboxylic acids is 1. The van der Waals surface area contributed by atoms with Crippen LogP contribution in [-0.4, -0.2) is 28.1 Å². The van der Waals surface area contributed by atoms with E-state index in [4.69, 9.17) is 16.7 Å². The average Bonchev–Trinajstić information content (AvgIpc) is 2.87. The minimum absolute atomic E-state index is 0.0959. The highest BCUT2D eigenvalue weighted by Crippen LogP contribution is 2.32. The monoisotopic (exact) mass is 278 g/mol. The third-order valence-corrected chi connectivity index (χ3v) is 3.03. The molecule has 5 nitrogen and oxygen atoms in total. The second kappa shape index (κ2) is 5.32. The van der Waals surface area contributed by atoms with Crippen molar-refractivity contribution in [1.82, 2.24) is 4.98 Å². The summed E-state index contributed by atoms with van der Waals surface area (Å²) in [6, 6.07) is 3.24. The second-order valence-electron chi connectivity index (χ2n) is 4.08. The summed E-state index contributed by atoms with van der Waals surface area (Å²) in [5, 5.41) is 9.12. The number of halogens is 1. The lowest BCUT2D eigenvalue weighted by Crippen LogP contribution is -2.32. The zero-order valence-corrected chi connectivity index (χ0v) is 10.7. The number of ketones is 1. The van der Waals surface area contributed by atoms with Crippen LogP contribution in [0.3, 0.4) is 0 Å². The molecule has 0 amide bonds. The van der Waals surface area contributed by atoms with Gasteiger partial charge in [-0.3, -0.25) is 19.6 Å². The van der Waals surface area contributed by atoms with E-state index in [1.807, 2.05) is 0 Å². The molecule has 0 saturated carbocycles. The van der Waals surface area contributed by atoms with E-state index in [0.29, 0.717) is 10.7 Å². The first kappa shape index (κ1) is 13.4. The fraction of sp³-hybridized carbons (Fsp3) is 0.231. The largest absolute Gasteiger partial charge is 0.481 e. The Morgan fingerprint density at radius 3 is 2.63 bits per heavy atom. The topological polar surface area (TPSA) is 79.6 Å². The summed E-state index contributed by atoms with van der Waals surface area (Å²) in [5.41, 5.74) is -0.766. The molecule has 1 aromatic heterocycles. The van der Waals surface area contributed by atoms with Crippen LogP contribution in [0.25, 0.3) is 0 Å². The van der Waals surface area contributed by atoms with E-state index in [2.05, 4.69) is 9.98 Å². The smallest absolute Gasteiger partial charge is 0.303 e. The van der Waals surface area contributed by atoms with Crippen LogP contribution in [0.4, 0.5) is 0 Å². The van der Waals surface area contributed by atoms with E-state index in [9.17, 15) is 9.59 Å². The minimum Gasteiger partial charge on any atom is -0.481 e. The summed E-state index contributed by atoms with van der Waals surface area (Å²) in [6.07, 6.45) is 5.89. The number of rotatable bonds is 5. The van der Waals surface area contributed by atoms with Gasteiger partial charge in [-0.05, 0) is 24.3 Å². The molecule has 0 radical (unpaired) electrons. The van der Waals surface area contributed by atoms with Crippen LogP contribution in [0.15, 0.2) is 35.5 Å². The number of Topliss-reactive ketones (excluding diaryl/α,β-unsaturated/α-hetero) is 1. The fourth-order valence-electron chi connectivity index (χ4n) is 1.86. The van der Waals surface area contributed by atoms with Crippen molar-refractivity contribution in [3.63, 3.8) is 0 Å². The van der Waals surface area contributed by atoms with Crippen LogP contribution in [0.1, 0.15) is 18.5 Å². The maximum Gasteiger partial charge on any atom is 0.303 e. The van der Waals surface area contributed by atoms with E-state index < -0.39 is 11.5 Å². The van der Waals surface area contributed by atoms with Crippen LogP contribution >= 0.6 is 11.6 Å². The van der Waals surface area contributed by atoms with Crippen molar-refractivity contribution in [2.24, 2.45) is 4.99 Å². The summed E-state index contributed by atoms with van der Waals surface area (Å²) in [7, 11) is 0. The molecule has 2 rings (SSSR count). The summed E-state index contributed by atoms with van der Waals surface area (Å²) >= 11 is 5.76. The van der Waals surface area contributed by atoms with Crippen LogP contribution in [0.2, 0.25) is 5.02 Å². The lowest BCUT2D eigenvalue weighted by molar-refractivity contribution is -0.139. The molecule has 1 unspecified atom stereocenters. The molecule has 98 valence electrons. The molecule has 1 aliphatic heterocycles. The molecule has 0 bridgehead atoms. The standard InChI is InChI=1S/C13H11ClN2O3/c14-9-2-3-10(15-8-9)13(6-1-7-16-13)11(17)4-5-12(18)19/h1-3,6-8H,4-5H2,(H,18,19). The maximum atomic E-state index is 12.3. The van der Waals surface area contributed by atoms with Crippen LogP contribution in [0, 0.1) is 0 Å². The molecule has 0 saturated heterocycles. The number of hydrogen-bond donors (Lipinski definition) is 1. The number of hydrogen-bond acceptors (Lipinski definition) is 4. The van der Waals surface area contributed by atoms with E-state index in [1.54, 1.807) is 24.3 Å². The number of allylic oxidation sites excluding steroid dienone is 1. The Balaban J connectivity index is 2.31. The summed E-state index contributed by atoms with van der Waals surface area (Å²) in [5.74, 6) is -1.31. The number of carboxylic acids is 1. The van der Waals surface area contributed by atoms with Gasteiger partial charge in [0.15, 0.2) is 11.3 Å². The number of aliphatic imine (C=N–C) groups is 1. The number of carbonyl (C=O) groups is 2. The maximum absolute atomic E-state index is 12.3. The molecule has 1 atom stereocenters. The van der Waals surface area contributed by atoms with Crippen molar-refractivity contribution < 1.29 is 14.7 Å². The number of nitrogens with zero attached hydrogens (tertiary/aromatic N) is 2. The van der Waals surface area contributed by atoms with Gasteiger partial charge in [0.05, 0.1) is 17.1 Å². The summed E-state index contributed by atoms with van der Waals surface area (Å²) < 4.78 is 0. The van der Waals surface area contributed by atoms with Gasteiger partial charge in [0.1, 0.15) is 0 Å². The van der Waals surface area contributed by atoms with Gasteiger partial charge < -0.3 is 5.11 Å². The molecule has 1 aromatic rings. The van der Waals surface area contributed by atoms with Gasteiger partial charge in [0.25, 0.3) is 0 Å². The highest BCUT2D eigenvalue weighted by molar-refractivity contribution is 6.30. The molecule has 0 aliphatic carbocycles. The van der Waals surface area contributed by atoms with E-state index in [1.165, 1.54) is 12.4 Å². The fourth-order valence-corrected chi connectivity index (χ4v) is 1.97. The molecule has 0 fully saturated rings. The van der Waals surface area contributed by atoms with Gasteiger partial charge in [-0.25, -0.2) is 0 Å². The van der Waals surface area contributed by atoms with Crippen molar-refractivity contribution in [1.29, 1.82) is 0 Å². The Hall–Kier alpha value is -2.01. The highest BCUT2D eigenvalue weighted by atomic mass is 35.5. The molecule has 2 heterocycles. The van der Waals surface area contributed by atoms with Crippen molar-refractivity contribution in [2.45, 2.75) is 18.4 Å². The van der Waals surface area contributed by atoms with Gasteiger partial charge >= 0.3 is 5.97 Å². The summed E-state index contributed by atoms with van der Waals surface area (Å²) in [6.45, 7) is 0. The molecular formula is C13H11ClN2O3. The number of pyridine rings is 1. The minimum atomic E-state index is -1.21. The number of carboxylic acid groups (broad SMARTS) is 1. The zero-order valence-electron chi connectivity index (χ0n) is 9.91. The number of carbonyl (C=O) groups excluding carboxylic acids is 1. The molecule has 0 spiro atoms. The first-order valence-corrected chi connectivity index (χ1v) is 6.02. The molecule has 6 heteroatoms. The van der Waals surface area contributed by atoms with Gasteiger partial charge in [0.2, 0.25) is 0 Å². The SMILES string of the molecule is O=C(O)CCC(=O)C1(c2ccc(Cl)cn2)C=CC=N1. The van der Waals surface area contributed by atoms with Crippen LogP contribution < -0.4 is 0 Å². The van der Waals surface area contributed by atoms with Gasteiger partial charge in [0, 0.05) is 18.8 Å². The quantitative estimate of drug-likeness (QED) is 0.893. The normalized spacial score (nSPS) is 20.7. The third-order valence-electron chi connectivity index (χ3n) is 2.81. The van der Waals surface area contributed by atoms with Crippen molar-refractivity contribution in [3.8, 4) is 0 Å². The Labute approximate surface area is 114 Å². The first-order chi connectivity index (χ1) is 9.04. The Kier molecular flexibility index (Phi) is 3.76. The second-order valence-corrected chi connectivity index (χ2v) is 4.52. The van der Waals surface area contributed by atoms with E-state index in [-0.39, 0.29) is 18.6 Å². The van der Waals surface area contributed by atoms with Gasteiger partial charge in [-0.1, -0.05) is 11.6 Å². The van der Waals surface area contributed by atoms with Crippen molar-refractivity contribution >= 4 is 29.6 Å². The van der Waals surface area contributed by atoms with Crippen LogP contribution in [0.5, 0.6) is 0 Å². The Morgan fingerprint density at radius 1 is 1.32 bits per heavy atom. The average molecular weight is 279 g/mol. The zero-order chi connectivity index (χ0) is 13.9. The first-order valence-electron chi connectivity index (χ1n) is 5.65. The molecular weight excluding hydrogens is 268 g/mol.